The Morgan fingerprint density at radius 1 is 1.27 bits per heavy atom. The van der Waals surface area contributed by atoms with Gasteiger partial charge < -0.3 is 0 Å². The number of aliphatic imine (C=N–C) groups is 1. The second-order valence-corrected chi connectivity index (χ2v) is 9.00. The summed E-state index contributed by atoms with van der Waals surface area (Å²) in [7, 11) is -1.34. The Morgan fingerprint density at radius 3 is 2.60 bits per heavy atom. The second kappa shape index (κ2) is 4.74. The van der Waals surface area contributed by atoms with E-state index in [9.17, 15) is 4.79 Å². The van der Waals surface area contributed by atoms with E-state index in [4.69, 9.17) is 0 Å². The van der Waals surface area contributed by atoms with Gasteiger partial charge in [0.2, 0.25) is 6.08 Å². The number of isocyanates is 1. The van der Waals surface area contributed by atoms with E-state index < -0.39 is 8.07 Å². The lowest BCUT2D eigenvalue weighted by Crippen LogP contribution is -2.16. The molecule has 0 spiro atoms. The predicted octanol–water partition coefficient (Wildman–Crippen LogP) is 2.88. The first kappa shape index (κ1) is 11.5. The van der Waals surface area contributed by atoms with Crippen LogP contribution in [0.1, 0.15) is 5.56 Å². The van der Waals surface area contributed by atoms with Crippen LogP contribution < -0.4 is 0 Å². The first-order valence-corrected chi connectivity index (χ1v) is 8.22. The minimum absolute atomic E-state index is 0.604. The van der Waals surface area contributed by atoms with Crippen molar-refractivity contribution in [1.82, 2.24) is 0 Å². The van der Waals surface area contributed by atoms with Crippen LogP contribution in [-0.4, -0.2) is 14.2 Å². The molecule has 0 bridgehead atoms. The van der Waals surface area contributed by atoms with Gasteiger partial charge >= 0.3 is 0 Å². The molecule has 1 aromatic carbocycles. The van der Waals surface area contributed by atoms with Crippen LogP contribution in [-0.2, 0) is 4.79 Å². The molecule has 15 heavy (non-hydrogen) atoms. The van der Waals surface area contributed by atoms with Crippen molar-refractivity contribution in [3.63, 3.8) is 0 Å². The zero-order chi connectivity index (χ0) is 11.3. The molecular formula is C12H13NOSi. The van der Waals surface area contributed by atoms with E-state index in [1.807, 2.05) is 12.1 Å². The van der Waals surface area contributed by atoms with Gasteiger partial charge in [0, 0.05) is 5.56 Å². The van der Waals surface area contributed by atoms with Crippen LogP contribution >= 0.6 is 0 Å². The van der Waals surface area contributed by atoms with Crippen molar-refractivity contribution in [1.29, 1.82) is 0 Å². The molecule has 0 aliphatic carbocycles. The maximum Gasteiger partial charge on any atom is 0.240 e. The normalized spacial score (nSPS) is 9.80. The highest BCUT2D eigenvalue weighted by atomic mass is 28.3. The highest BCUT2D eigenvalue weighted by Crippen LogP contribution is 2.12. The van der Waals surface area contributed by atoms with E-state index in [-0.39, 0.29) is 0 Å². The Morgan fingerprint density at radius 2 is 2.00 bits per heavy atom. The summed E-state index contributed by atoms with van der Waals surface area (Å²) < 4.78 is 0. The smallest absolute Gasteiger partial charge is 0.211 e. The molecule has 0 aromatic heterocycles. The Balaban J connectivity index is 3.00. The molecule has 0 heterocycles. The summed E-state index contributed by atoms with van der Waals surface area (Å²) >= 11 is 0. The van der Waals surface area contributed by atoms with Gasteiger partial charge in [0.15, 0.2) is 0 Å². The monoisotopic (exact) mass is 215 g/mol. The minimum Gasteiger partial charge on any atom is -0.211 e. The van der Waals surface area contributed by atoms with Gasteiger partial charge in [-0.1, -0.05) is 31.6 Å². The highest BCUT2D eigenvalue weighted by Gasteiger charge is 2.07. The standard InChI is InChI=1S/C12H13NOSi/c1-15(2,3)8-7-11-5-4-6-12(9-11)13-10-14/h4-6,9H,1-3H3. The second-order valence-electron chi connectivity index (χ2n) is 4.25. The van der Waals surface area contributed by atoms with E-state index in [0.717, 1.165) is 5.56 Å². The Hall–Kier alpha value is -1.62. The summed E-state index contributed by atoms with van der Waals surface area (Å²) in [6, 6.07) is 7.30. The fraction of sp³-hybridized carbons (Fsp3) is 0.250. The molecule has 2 nitrogen and oxygen atoms in total. The maximum absolute atomic E-state index is 10.1. The van der Waals surface area contributed by atoms with Crippen molar-refractivity contribution in [3.05, 3.63) is 29.8 Å². The van der Waals surface area contributed by atoms with E-state index >= 15 is 0 Å². The first-order valence-electron chi connectivity index (χ1n) is 4.72. The van der Waals surface area contributed by atoms with Gasteiger partial charge in [-0.3, -0.25) is 0 Å². The number of nitrogens with zero attached hydrogens (tertiary/aromatic N) is 1. The molecule has 0 aliphatic rings. The third-order valence-electron chi connectivity index (χ3n) is 1.60. The summed E-state index contributed by atoms with van der Waals surface area (Å²) in [6.45, 7) is 6.56. The molecule has 0 N–H and O–H groups in total. The van der Waals surface area contributed by atoms with Gasteiger partial charge in [0.05, 0.1) is 5.69 Å². The quantitative estimate of drug-likeness (QED) is 0.306. The third kappa shape index (κ3) is 4.41. The summed E-state index contributed by atoms with van der Waals surface area (Å²) in [4.78, 5) is 13.6. The topological polar surface area (TPSA) is 29.4 Å². The fourth-order valence-electron chi connectivity index (χ4n) is 0.966. The molecule has 0 fully saturated rings. The maximum atomic E-state index is 10.1. The number of hydrogen-bond acceptors (Lipinski definition) is 2. The Labute approximate surface area is 91.1 Å². The molecule has 76 valence electrons. The van der Waals surface area contributed by atoms with Crippen LogP contribution in [0.4, 0.5) is 5.69 Å². The van der Waals surface area contributed by atoms with Gasteiger partial charge in [0.25, 0.3) is 0 Å². The van der Waals surface area contributed by atoms with Crippen LogP contribution in [0.25, 0.3) is 0 Å². The summed E-state index contributed by atoms with van der Waals surface area (Å²) in [5.41, 5.74) is 4.76. The lowest BCUT2D eigenvalue weighted by Gasteiger charge is -2.03. The first-order chi connectivity index (χ1) is 7.01. The summed E-state index contributed by atoms with van der Waals surface area (Å²) in [6.07, 6.45) is 1.52. The van der Waals surface area contributed by atoms with E-state index in [1.54, 1.807) is 12.1 Å². The molecule has 0 amide bonds. The third-order valence-corrected chi connectivity index (χ3v) is 2.48. The molecule has 0 atom stereocenters. The van der Waals surface area contributed by atoms with Gasteiger partial charge in [-0.15, -0.1) is 5.54 Å². The largest absolute Gasteiger partial charge is 0.240 e. The molecule has 1 rings (SSSR count). The lowest BCUT2D eigenvalue weighted by atomic mass is 10.2. The van der Waals surface area contributed by atoms with Gasteiger partial charge in [-0.05, 0) is 18.2 Å². The summed E-state index contributed by atoms with van der Waals surface area (Å²) in [5, 5.41) is 0. The van der Waals surface area contributed by atoms with Gasteiger partial charge in [0.1, 0.15) is 8.07 Å². The highest BCUT2D eigenvalue weighted by molar-refractivity contribution is 6.83. The molecule has 0 saturated carbocycles. The van der Waals surface area contributed by atoms with Crippen molar-refractivity contribution in [2.24, 2.45) is 4.99 Å². The number of carbonyl (C=O) groups excluding carboxylic acids is 1. The molecule has 0 aliphatic heterocycles. The number of benzene rings is 1. The van der Waals surface area contributed by atoms with Crippen molar-refractivity contribution < 1.29 is 4.79 Å². The molecule has 1 aromatic rings. The van der Waals surface area contributed by atoms with E-state index in [2.05, 4.69) is 36.1 Å². The predicted molar refractivity (Wildman–Crippen MR) is 64.4 cm³/mol. The fourth-order valence-corrected chi connectivity index (χ4v) is 1.48. The minimum atomic E-state index is -1.34. The summed E-state index contributed by atoms with van der Waals surface area (Å²) in [5.74, 6) is 3.11. The van der Waals surface area contributed by atoms with Crippen molar-refractivity contribution >= 4 is 19.8 Å². The van der Waals surface area contributed by atoms with Crippen LogP contribution in [0.2, 0.25) is 19.6 Å². The van der Waals surface area contributed by atoms with Crippen LogP contribution in [0.5, 0.6) is 0 Å². The average Bonchev–Trinajstić information content (AvgIpc) is 2.15. The number of rotatable bonds is 1. The molecule has 0 radical (unpaired) electrons. The van der Waals surface area contributed by atoms with Crippen LogP contribution in [0, 0.1) is 11.5 Å². The van der Waals surface area contributed by atoms with E-state index in [1.165, 1.54) is 6.08 Å². The zero-order valence-electron chi connectivity index (χ0n) is 9.16. The van der Waals surface area contributed by atoms with Crippen molar-refractivity contribution in [3.8, 4) is 11.5 Å². The zero-order valence-corrected chi connectivity index (χ0v) is 10.2. The van der Waals surface area contributed by atoms with Gasteiger partial charge in [-0.25, -0.2) is 4.79 Å². The van der Waals surface area contributed by atoms with Crippen LogP contribution in [0.3, 0.4) is 0 Å². The Bertz CT molecular complexity index is 456. The molecular weight excluding hydrogens is 202 g/mol. The molecule has 3 heteroatoms. The molecule has 0 saturated heterocycles. The lowest BCUT2D eigenvalue weighted by molar-refractivity contribution is 0.565. The van der Waals surface area contributed by atoms with Crippen LogP contribution in [0.15, 0.2) is 29.3 Å². The number of hydrogen-bond donors (Lipinski definition) is 0. The molecule has 0 unspecified atom stereocenters. The van der Waals surface area contributed by atoms with E-state index in [0.29, 0.717) is 5.69 Å². The van der Waals surface area contributed by atoms with Crippen molar-refractivity contribution in [2.75, 3.05) is 0 Å². The van der Waals surface area contributed by atoms with Crippen molar-refractivity contribution in [2.45, 2.75) is 19.6 Å². The van der Waals surface area contributed by atoms with Gasteiger partial charge in [-0.2, -0.15) is 4.99 Å². The average molecular weight is 215 g/mol. The SMILES string of the molecule is C[Si](C)(C)C#Cc1cccc(N=C=O)c1. The Kier molecular flexibility index (Phi) is 3.62.